The van der Waals surface area contributed by atoms with Crippen LogP contribution in [-0.2, 0) is 28.2 Å². The summed E-state index contributed by atoms with van der Waals surface area (Å²) in [6.07, 6.45) is 29.5. The van der Waals surface area contributed by atoms with Gasteiger partial charge >= 0.3 is 210 Å². The van der Waals surface area contributed by atoms with E-state index in [4.69, 9.17) is 7.70 Å². The van der Waals surface area contributed by atoms with Crippen molar-refractivity contribution >= 4 is 0 Å². The van der Waals surface area contributed by atoms with Crippen LogP contribution in [0.5, 0.6) is 11.5 Å². The van der Waals surface area contributed by atoms with E-state index in [1.54, 1.807) is 0 Å². The molecule has 4 N–H and O–H groups in total. The summed E-state index contributed by atoms with van der Waals surface area (Å²) in [6.45, 7) is 4.57. The van der Waals surface area contributed by atoms with Crippen molar-refractivity contribution in [2.75, 3.05) is 0 Å². The number of rotatable bonds is 26. The van der Waals surface area contributed by atoms with Crippen molar-refractivity contribution in [2.45, 2.75) is 155 Å². The minimum atomic E-state index is 0. The van der Waals surface area contributed by atoms with Crippen molar-refractivity contribution < 1.29 is 34.0 Å². The van der Waals surface area contributed by atoms with Crippen LogP contribution in [0.1, 0.15) is 153 Å². The second kappa shape index (κ2) is 28.6. The molecule has 2 aromatic carbocycles. The van der Waals surface area contributed by atoms with E-state index in [-0.39, 0.29) is 11.0 Å². The van der Waals surface area contributed by atoms with E-state index in [0.717, 1.165) is 24.3 Å². The average Bonchev–Trinajstić information content (AvgIpc) is 2.96. The topological polar surface area (TPSA) is 81.5 Å². The molecule has 0 atom stereocenters. The summed E-state index contributed by atoms with van der Waals surface area (Å²) in [7, 11) is 0. The van der Waals surface area contributed by atoms with Crippen molar-refractivity contribution in [3.05, 3.63) is 59.7 Å². The molecule has 5 heteroatoms. The van der Waals surface area contributed by atoms with Crippen LogP contribution in [0.3, 0.4) is 0 Å². The maximum absolute atomic E-state index is 6.09. The van der Waals surface area contributed by atoms with Gasteiger partial charge in [0.05, 0.1) is 0 Å². The normalized spacial score (nSPS) is 10.7. The Bertz CT molecular complexity index is 761. The van der Waals surface area contributed by atoms with Crippen LogP contribution in [0.4, 0.5) is 0 Å². The van der Waals surface area contributed by atoms with Crippen LogP contribution >= 0.6 is 0 Å². The van der Waals surface area contributed by atoms with Crippen LogP contribution < -0.4 is 7.70 Å². The van der Waals surface area contributed by atoms with E-state index in [9.17, 15) is 0 Å². The molecule has 41 heavy (non-hydrogen) atoms. The summed E-state index contributed by atoms with van der Waals surface area (Å²) in [5.41, 5.74) is 2.59. The SMILES string of the molecule is CCCCCCCCCCCCc1ccccc1[O][Co][O]c1ccccc1CCCCCCCCCCCC.O.O. The van der Waals surface area contributed by atoms with Gasteiger partial charge in [-0.15, -0.1) is 0 Å². The van der Waals surface area contributed by atoms with Crippen molar-refractivity contribution in [2.24, 2.45) is 0 Å². The fraction of sp³-hybridized carbons (Fsp3) is 0.667. The molecule has 239 valence electrons. The van der Waals surface area contributed by atoms with Crippen molar-refractivity contribution in [1.82, 2.24) is 0 Å². The van der Waals surface area contributed by atoms with Gasteiger partial charge in [0.25, 0.3) is 0 Å². The first-order valence-electron chi connectivity index (χ1n) is 16.5. The predicted molar refractivity (Wildman–Crippen MR) is 172 cm³/mol. The summed E-state index contributed by atoms with van der Waals surface area (Å²) in [5.74, 6) is 1.92. The summed E-state index contributed by atoms with van der Waals surface area (Å²) < 4.78 is 12.2. The Hall–Kier alpha value is -1.53. The molecule has 0 aliphatic rings. The first-order chi connectivity index (χ1) is 19.3. The Morgan fingerprint density at radius 1 is 0.415 bits per heavy atom. The zero-order valence-corrected chi connectivity index (χ0v) is 27.4. The van der Waals surface area contributed by atoms with Crippen molar-refractivity contribution in [1.29, 1.82) is 0 Å². The molecule has 4 nitrogen and oxygen atoms in total. The fourth-order valence-corrected chi connectivity index (χ4v) is 5.88. The number of aryl methyl sites for hydroxylation is 2. The van der Waals surface area contributed by atoms with Gasteiger partial charge in [0.15, 0.2) is 0 Å². The van der Waals surface area contributed by atoms with Crippen LogP contribution in [0.15, 0.2) is 48.5 Å². The van der Waals surface area contributed by atoms with Gasteiger partial charge in [0.1, 0.15) is 0 Å². The van der Waals surface area contributed by atoms with Crippen molar-refractivity contribution in [3.8, 4) is 11.5 Å². The first-order valence-corrected chi connectivity index (χ1v) is 17.3. The number of hydrogen-bond donors (Lipinski definition) is 0. The number of para-hydroxylation sites is 2. The smallest absolute Gasteiger partial charge is 0.412 e. The van der Waals surface area contributed by atoms with Gasteiger partial charge in [-0.2, -0.15) is 0 Å². The zero-order valence-electron chi connectivity index (χ0n) is 26.3. The van der Waals surface area contributed by atoms with Crippen LogP contribution in [0.2, 0.25) is 0 Å². The summed E-state index contributed by atoms with van der Waals surface area (Å²) in [6, 6.07) is 16.9. The van der Waals surface area contributed by atoms with E-state index in [0.29, 0.717) is 15.3 Å². The standard InChI is InChI=1S/2C18H30O.Co.2H2O/c2*1-2-3-4-5-6-7-8-9-10-11-14-17-15-12-13-16-18(17)19;;;/h2*12-13,15-16,19H,2-11,14H2,1H3;;2*1H2/q;;+2;;/p-2. The molecule has 0 saturated carbocycles. The number of benzene rings is 2. The van der Waals surface area contributed by atoms with E-state index in [1.165, 1.54) is 140 Å². The first kappa shape index (κ1) is 39.5. The monoisotopic (exact) mass is 617 g/mol. The minimum Gasteiger partial charge on any atom is -0.412 e. The molecule has 0 bridgehead atoms. The van der Waals surface area contributed by atoms with E-state index in [2.05, 4.69) is 62.4 Å². The number of unbranched alkanes of at least 4 members (excludes halogenated alkanes) is 18. The molecule has 0 saturated heterocycles. The Morgan fingerprint density at radius 3 is 1.05 bits per heavy atom. The van der Waals surface area contributed by atoms with Crippen LogP contribution in [0, 0.1) is 0 Å². The molecule has 2 aromatic rings. The van der Waals surface area contributed by atoms with Gasteiger partial charge < -0.3 is 11.0 Å². The number of hydrogen-bond acceptors (Lipinski definition) is 2. The fourth-order valence-electron chi connectivity index (χ4n) is 5.23. The molecule has 0 radical (unpaired) electrons. The quantitative estimate of drug-likeness (QED) is 0.0984. The molecule has 0 fully saturated rings. The Kier molecular flexibility index (Phi) is 27.5. The van der Waals surface area contributed by atoms with Gasteiger partial charge in [-0.25, -0.2) is 0 Å². The molecule has 0 unspecified atom stereocenters. The van der Waals surface area contributed by atoms with Crippen molar-refractivity contribution in [3.63, 3.8) is 0 Å². The Balaban J connectivity index is 0.00000800. The Morgan fingerprint density at radius 2 is 0.707 bits per heavy atom. The summed E-state index contributed by atoms with van der Waals surface area (Å²) >= 11 is 0.582. The molecule has 0 aliphatic heterocycles. The molecule has 0 aliphatic carbocycles. The average molecular weight is 618 g/mol. The molecule has 0 amide bonds. The van der Waals surface area contributed by atoms with Gasteiger partial charge in [-0.1, -0.05) is 39.5 Å². The molecular weight excluding hydrogens is 555 g/mol. The van der Waals surface area contributed by atoms with Crippen LogP contribution in [-0.4, -0.2) is 11.0 Å². The maximum atomic E-state index is 6.09. The van der Waals surface area contributed by atoms with Gasteiger partial charge in [0, 0.05) is 0 Å². The third-order valence-electron chi connectivity index (χ3n) is 7.75. The van der Waals surface area contributed by atoms with Gasteiger partial charge in [0.2, 0.25) is 0 Å². The van der Waals surface area contributed by atoms with Crippen LogP contribution in [0.25, 0.3) is 0 Å². The van der Waals surface area contributed by atoms with E-state index in [1.807, 2.05) is 0 Å². The molecule has 0 heterocycles. The molecule has 2 rings (SSSR count). The third-order valence-corrected chi connectivity index (χ3v) is 8.38. The van der Waals surface area contributed by atoms with Gasteiger partial charge in [-0.05, 0) is 0 Å². The van der Waals surface area contributed by atoms with Gasteiger partial charge in [-0.3, -0.25) is 0 Å². The third kappa shape index (κ3) is 20.1. The summed E-state index contributed by atoms with van der Waals surface area (Å²) in [5, 5.41) is 0. The molecular formula is C36H62CoO4. The minimum absolute atomic E-state index is 0. The van der Waals surface area contributed by atoms with E-state index >= 15 is 0 Å². The second-order valence-electron chi connectivity index (χ2n) is 11.3. The molecule has 0 aromatic heterocycles. The summed E-state index contributed by atoms with van der Waals surface area (Å²) in [4.78, 5) is 0. The van der Waals surface area contributed by atoms with E-state index < -0.39 is 0 Å². The second-order valence-corrected chi connectivity index (χ2v) is 11.9. The predicted octanol–water partition coefficient (Wildman–Crippen LogP) is 10.3. The zero-order chi connectivity index (χ0) is 27.6. The Labute approximate surface area is 259 Å². The molecule has 0 spiro atoms.